The SMILES string of the molecule is C/N=C\C=C1\c2nc(Br)c(-c3ccccc3)n2COC1C. The maximum Gasteiger partial charge on any atom is 0.142 e. The van der Waals surface area contributed by atoms with Crippen molar-refractivity contribution < 1.29 is 4.74 Å². The minimum Gasteiger partial charge on any atom is -0.353 e. The summed E-state index contributed by atoms with van der Waals surface area (Å²) in [5, 5.41) is 0. The van der Waals surface area contributed by atoms with Crippen LogP contribution < -0.4 is 0 Å². The molecule has 0 radical (unpaired) electrons. The van der Waals surface area contributed by atoms with E-state index >= 15 is 0 Å². The molecule has 4 nitrogen and oxygen atoms in total. The molecule has 5 heteroatoms. The summed E-state index contributed by atoms with van der Waals surface area (Å²) in [4.78, 5) is 8.70. The number of hydrogen-bond acceptors (Lipinski definition) is 3. The van der Waals surface area contributed by atoms with Gasteiger partial charge in [-0.15, -0.1) is 0 Å². The highest BCUT2D eigenvalue weighted by Gasteiger charge is 2.27. The molecule has 1 aromatic heterocycles. The fourth-order valence-corrected chi connectivity index (χ4v) is 3.07. The molecule has 0 bridgehead atoms. The number of nitrogens with zero attached hydrogens (tertiary/aromatic N) is 3. The van der Waals surface area contributed by atoms with Crippen molar-refractivity contribution in [2.45, 2.75) is 19.8 Å². The molecule has 0 N–H and O–H groups in total. The zero-order chi connectivity index (χ0) is 14.8. The largest absolute Gasteiger partial charge is 0.353 e. The number of benzene rings is 1. The lowest BCUT2D eigenvalue weighted by molar-refractivity contribution is 0.0382. The second kappa shape index (κ2) is 5.95. The van der Waals surface area contributed by atoms with Gasteiger partial charge >= 0.3 is 0 Å². The van der Waals surface area contributed by atoms with E-state index in [1.807, 2.05) is 31.2 Å². The van der Waals surface area contributed by atoms with Crippen LogP contribution >= 0.6 is 15.9 Å². The summed E-state index contributed by atoms with van der Waals surface area (Å²) in [7, 11) is 1.75. The molecule has 1 aliphatic heterocycles. The Hall–Kier alpha value is -1.72. The lowest BCUT2D eigenvalue weighted by Gasteiger charge is -2.25. The molecule has 1 aliphatic rings. The molecule has 3 rings (SSSR count). The second-order valence-corrected chi connectivity index (χ2v) is 5.59. The number of imidazole rings is 1. The van der Waals surface area contributed by atoms with Crippen molar-refractivity contribution in [3.05, 3.63) is 46.8 Å². The molecule has 2 aromatic rings. The summed E-state index contributed by atoms with van der Waals surface area (Å²) in [5.74, 6) is 0.930. The minimum atomic E-state index is 0.00780. The van der Waals surface area contributed by atoms with E-state index in [9.17, 15) is 0 Å². The molecular formula is C16H16BrN3O. The number of hydrogen-bond donors (Lipinski definition) is 0. The van der Waals surface area contributed by atoms with E-state index in [1.165, 1.54) is 0 Å². The topological polar surface area (TPSA) is 39.4 Å². The number of aromatic nitrogens is 2. The van der Waals surface area contributed by atoms with Crippen molar-refractivity contribution >= 4 is 27.7 Å². The summed E-state index contributed by atoms with van der Waals surface area (Å²) in [6.07, 6.45) is 3.74. The number of aliphatic imine (C=N–C) groups is 1. The van der Waals surface area contributed by atoms with E-state index in [0.29, 0.717) is 6.73 Å². The summed E-state index contributed by atoms with van der Waals surface area (Å²) >= 11 is 3.58. The molecule has 1 aromatic carbocycles. The first kappa shape index (κ1) is 14.2. The molecule has 108 valence electrons. The van der Waals surface area contributed by atoms with E-state index in [4.69, 9.17) is 4.74 Å². The predicted molar refractivity (Wildman–Crippen MR) is 88.3 cm³/mol. The van der Waals surface area contributed by atoms with Crippen LogP contribution in [0.25, 0.3) is 16.8 Å². The zero-order valence-corrected chi connectivity index (χ0v) is 13.5. The molecule has 1 atom stereocenters. The standard InChI is InChI=1S/C16H16BrN3O/c1-11-13(8-9-18-2)16-19-15(17)14(20(16)10-21-11)12-6-4-3-5-7-12/h3-9,11H,10H2,1-2H3/b13-8+,18-9-. The van der Waals surface area contributed by atoms with Crippen LogP contribution in [-0.2, 0) is 11.5 Å². The van der Waals surface area contributed by atoms with Crippen LogP contribution in [0.15, 0.2) is 46.0 Å². The molecule has 0 aliphatic carbocycles. The van der Waals surface area contributed by atoms with Gasteiger partial charge in [0, 0.05) is 24.4 Å². The van der Waals surface area contributed by atoms with Crippen molar-refractivity contribution in [3.8, 4) is 11.3 Å². The van der Waals surface area contributed by atoms with Crippen molar-refractivity contribution in [1.82, 2.24) is 9.55 Å². The molecule has 2 heterocycles. The molecule has 0 saturated carbocycles. The van der Waals surface area contributed by atoms with Crippen LogP contribution in [-0.4, -0.2) is 28.9 Å². The first-order valence-corrected chi connectivity index (χ1v) is 7.57. The average molecular weight is 346 g/mol. The molecule has 1 unspecified atom stereocenters. The van der Waals surface area contributed by atoms with Crippen molar-refractivity contribution in [2.24, 2.45) is 4.99 Å². The third-order valence-corrected chi connectivity index (χ3v) is 4.08. The normalized spacial score (nSPS) is 20.1. The van der Waals surface area contributed by atoms with Crippen LogP contribution in [0.2, 0.25) is 0 Å². The van der Waals surface area contributed by atoms with E-state index in [0.717, 1.165) is 27.3 Å². The maximum atomic E-state index is 5.86. The van der Waals surface area contributed by atoms with Gasteiger partial charge in [-0.05, 0) is 28.9 Å². The highest BCUT2D eigenvalue weighted by molar-refractivity contribution is 9.10. The summed E-state index contributed by atoms with van der Waals surface area (Å²) in [6.45, 7) is 2.53. The fourth-order valence-electron chi connectivity index (χ4n) is 2.46. The lowest BCUT2D eigenvalue weighted by atomic mass is 10.1. The lowest BCUT2D eigenvalue weighted by Crippen LogP contribution is -2.23. The minimum absolute atomic E-state index is 0.00780. The molecule has 0 saturated heterocycles. The Morgan fingerprint density at radius 1 is 1.38 bits per heavy atom. The third-order valence-electron chi connectivity index (χ3n) is 3.53. The highest BCUT2D eigenvalue weighted by Crippen LogP contribution is 2.35. The molecular weight excluding hydrogens is 330 g/mol. The molecule has 0 amide bonds. The van der Waals surface area contributed by atoms with Gasteiger partial charge in [0.05, 0.1) is 11.8 Å². The van der Waals surface area contributed by atoms with Crippen molar-refractivity contribution in [1.29, 1.82) is 0 Å². The van der Waals surface area contributed by atoms with E-state index in [2.05, 4.69) is 42.6 Å². The van der Waals surface area contributed by atoms with Gasteiger partial charge in [0.15, 0.2) is 0 Å². The summed E-state index contributed by atoms with van der Waals surface area (Å²) < 4.78 is 8.79. The maximum absolute atomic E-state index is 5.86. The molecule has 0 fully saturated rings. The monoisotopic (exact) mass is 345 g/mol. The zero-order valence-electron chi connectivity index (χ0n) is 12.0. The Morgan fingerprint density at radius 3 is 2.86 bits per heavy atom. The quantitative estimate of drug-likeness (QED) is 0.777. The van der Waals surface area contributed by atoms with Gasteiger partial charge in [0.1, 0.15) is 17.2 Å². The van der Waals surface area contributed by atoms with E-state index in [1.54, 1.807) is 13.3 Å². The van der Waals surface area contributed by atoms with Gasteiger partial charge in [0.2, 0.25) is 0 Å². The summed E-state index contributed by atoms with van der Waals surface area (Å²) in [5.41, 5.74) is 3.19. The smallest absolute Gasteiger partial charge is 0.142 e. The van der Waals surface area contributed by atoms with Crippen LogP contribution in [0, 0.1) is 0 Å². The Kier molecular flexibility index (Phi) is 4.03. The number of halogens is 1. The van der Waals surface area contributed by atoms with Crippen LogP contribution in [0.5, 0.6) is 0 Å². The first-order valence-electron chi connectivity index (χ1n) is 6.78. The number of rotatable bonds is 2. The van der Waals surface area contributed by atoms with Gasteiger partial charge in [-0.3, -0.25) is 9.56 Å². The van der Waals surface area contributed by atoms with Gasteiger partial charge in [-0.2, -0.15) is 0 Å². The van der Waals surface area contributed by atoms with Gasteiger partial charge in [-0.25, -0.2) is 4.98 Å². The molecule has 0 spiro atoms. The van der Waals surface area contributed by atoms with Crippen LogP contribution in [0.4, 0.5) is 0 Å². The number of allylic oxidation sites excluding steroid dienone is 1. The predicted octanol–water partition coefficient (Wildman–Crippen LogP) is 3.77. The summed E-state index contributed by atoms with van der Waals surface area (Å²) in [6, 6.07) is 10.2. The number of ether oxygens (including phenoxy) is 1. The van der Waals surface area contributed by atoms with Crippen molar-refractivity contribution in [2.75, 3.05) is 7.05 Å². The third kappa shape index (κ3) is 2.59. The van der Waals surface area contributed by atoms with Gasteiger partial charge in [0.25, 0.3) is 0 Å². The van der Waals surface area contributed by atoms with Crippen LogP contribution in [0.3, 0.4) is 0 Å². The Balaban J connectivity index is 2.16. The van der Waals surface area contributed by atoms with Gasteiger partial charge < -0.3 is 4.74 Å². The van der Waals surface area contributed by atoms with E-state index in [-0.39, 0.29) is 6.10 Å². The Labute approximate surface area is 132 Å². The van der Waals surface area contributed by atoms with Crippen molar-refractivity contribution in [3.63, 3.8) is 0 Å². The Morgan fingerprint density at radius 2 is 2.14 bits per heavy atom. The average Bonchev–Trinajstić information content (AvgIpc) is 2.83. The van der Waals surface area contributed by atoms with Gasteiger partial charge in [-0.1, -0.05) is 30.3 Å². The second-order valence-electron chi connectivity index (χ2n) is 4.84. The number of fused-ring (bicyclic) bond motifs is 1. The van der Waals surface area contributed by atoms with E-state index < -0.39 is 0 Å². The molecule has 21 heavy (non-hydrogen) atoms. The Bertz CT molecular complexity index is 704. The van der Waals surface area contributed by atoms with Crippen LogP contribution in [0.1, 0.15) is 12.7 Å². The highest BCUT2D eigenvalue weighted by atomic mass is 79.9. The fraction of sp³-hybridized carbons (Fsp3) is 0.250. The first-order chi connectivity index (χ1) is 10.2.